The van der Waals surface area contributed by atoms with E-state index in [-0.39, 0.29) is 17.9 Å². The van der Waals surface area contributed by atoms with Crippen LogP contribution in [-0.4, -0.2) is 74.1 Å². The van der Waals surface area contributed by atoms with Gasteiger partial charge in [-0.3, -0.25) is 14.5 Å². The van der Waals surface area contributed by atoms with Crippen LogP contribution in [0.2, 0.25) is 0 Å². The van der Waals surface area contributed by atoms with Crippen LogP contribution in [0.3, 0.4) is 0 Å². The Morgan fingerprint density at radius 2 is 2.09 bits per heavy atom. The van der Waals surface area contributed by atoms with E-state index >= 15 is 0 Å². The SMILES string of the molecule is COCCCNC(=O)C(C)N1CCN(C(=O)c2ccco2)CC1. The van der Waals surface area contributed by atoms with Gasteiger partial charge in [0.25, 0.3) is 5.91 Å². The van der Waals surface area contributed by atoms with Crippen LogP contribution in [0.1, 0.15) is 23.9 Å². The highest BCUT2D eigenvalue weighted by Gasteiger charge is 2.28. The van der Waals surface area contributed by atoms with E-state index in [1.807, 2.05) is 6.92 Å². The van der Waals surface area contributed by atoms with Gasteiger partial charge in [0, 0.05) is 46.4 Å². The minimum Gasteiger partial charge on any atom is -0.459 e. The van der Waals surface area contributed by atoms with E-state index in [1.54, 1.807) is 24.1 Å². The molecule has 0 aliphatic carbocycles. The molecule has 1 aliphatic rings. The molecule has 1 atom stereocenters. The Balaban J connectivity index is 1.75. The molecule has 7 nitrogen and oxygen atoms in total. The lowest BCUT2D eigenvalue weighted by Crippen LogP contribution is -2.55. The first-order valence-corrected chi connectivity index (χ1v) is 7.97. The number of nitrogens with zero attached hydrogens (tertiary/aromatic N) is 2. The summed E-state index contributed by atoms with van der Waals surface area (Å²) in [6, 6.07) is 3.18. The summed E-state index contributed by atoms with van der Waals surface area (Å²) in [5.74, 6) is 0.292. The van der Waals surface area contributed by atoms with E-state index in [9.17, 15) is 9.59 Å². The Morgan fingerprint density at radius 3 is 2.70 bits per heavy atom. The Labute approximate surface area is 136 Å². The number of ether oxygens (including phenoxy) is 1. The highest BCUT2D eigenvalue weighted by Crippen LogP contribution is 2.11. The van der Waals surface area contributed by atoms with Gasteiger partial charge in [0.2, 0.25) is 5.91 Å². The topological polar surface area (TPSA) is 75.0 Å². The van der Waals surface area contributed by atoms with Gasteiger partial charge in [0.15, 0.2) is 5.76 Å². The standard InChI is InChI=1S/C16H25N3O4/c1-13(15(20)17-6-4-11-22-2)18-7-9-19(10-8-18)16(21)14-5-3-12-23-14/h3,5,12-13H,4,6-11H2,1-2H3,(H,17,20). The first kappa shape index (κ1) is 17.5. The smallest absolute Gasteiger partial charge is 0.289 e. The van der Waals surface area contributed by atoms with Gasteiger partial charge in [-0.25, -0.2) is 0 Å². The third-order valence-electron chi connectivity index (χ3n) is 4.09. The summed E-state index contributed by atoms with van der Waals surface area (Å²) in [7, 11) is 1.65. The zero-order valence-corrected chi connectivity index (χ0v) is 13.8. The van der Waals surface area contributed by atoms with Gasteiger partial charge < -0.3 is 19.4 Å². The summed E-state index contributed by atoms with van der Waals surface area (Å²) in [6.07, 6.45) is 2.31. The van der Waals surface area contributed by atoms with E-state index in [4.69, 9.17) is 9.15 Å². The fourth-order valence-electron chi connectivity index (χ4n) is 2.61. The minimum absolute atomic E-state index is 0.0203. The molecule has 1 aromatic rings. The fourth-order valence-corrected chi connectivity index (χ4v) is 2.61. The van der Waals surface area contributed by atoms with Gasteiger partial charge in [0.1, 0.15) is 0 Å². The number of piperazine rings is 1. The molecule has 1 N–H and O–H groups in total. The van der Waals surface area contributed by atoms with Crippen LogP contribution in [-0.2, 0) is 9.53 Å². The summed E-state index contributed by atoms with van der Waals surface area (Å²) < 4.78 is 10.1. The second-order valence-corrected chi connectivity index (χ2v) is 5.62. The molecule has 2 heterocycles. The second kappa shape index (κ2) is 8.69. The molecule has 0 spiro atoms. The first-order valence-electron chi connectivity index (χ1n) is 7.97. The molecule has 0 aromatic carbocycles. The molecule has 128 valence electrons. The normalized spacial score (nSPS) is 17.0. The van der Waals surface area contributed by atoms with Gasteiger partial charge in [-0.2, -0.15) is 0 Å². The van der Waals surface area contributed by atoms with Crippen molar-refractivity contribution in [2.24, 2.45) is 0 Å². The zero-order valence-electron chi connectivity index (χ0n) is 13.8. The molecular weight excluding hydrogens is 298 g/mol. The third-order valence-corrected chi connectivity index (χ3v) is 4.09. The van der Waals surface area contributed by atoms with Crippen molar-refractivity contribution in [1.82, 2.24) is 15.1 Å². The molecule has 2 amide bonds. The maximum atomic E-state index is 12.2. The van der Waals surface area contributed by atoms with Crippen LogP contribution in [0.5, 0.6) is 0 Å². The molecular formula is C16H25N3O4. The van der Waals surface area contributed by atoms with Crippen LogP contribution in [0.15, 0.2) is 22.8 Å². The molecule has 1 unspecified atom stereocenters. The monoisotopic (exact) mass is 323 g/mol. The van der Waals surface area contributed by atoms with E-state index in [0.29, 0.717) is 45.1 Å². The minimum atomic E-state index is -0.196. The largest absolute Gasteiger partial charge is 0.459 e. The third kappa shape index (κ3) is 4.80. The highest BCUT2D eigenvalue weighted by molar-refractivity contribution is 5.91. The number of hydrogen-bond donors (Lipinski definition) is 1. The van der Waals surface area contributed by atoms with Crippen molar-refractivity contribution in [2.45, 2.75) is 19.4 Å². The van der Waals surface area contributed by atoms with E-state index < -0.39 is 0 Å². The number of nitrogens with one attached hydrogen (secondary N) is 1. The number of carbonyl (C=O) groups is 2. The second-order valence-electron chi connectivity index (χ2n) is 5.62. The van der Waals surface area contributed by atoms with Crippen molar-refractivity contribution >= 4 is 11.8 Å². The molecule has 7 heteroatoms. The number of amides is 2. The number of rotatable bonds is 7. The number of hydrogen-bond acceptors (Lipinski definition) is 5. The molecule has 0 saturated carbocycles. The fraction of sp³-hybridized carbons (Fsp3) is 0.625. The number of furan rings is 1. The molecule has 2 rings (SSSR count). The average Bonchev–Trinajstić information content (AvgIpc) is 3.12. The van der Waals surface area contributed by atoms with Crippen molar-refractivity contribution in [3.63, 3.8) is 0 Å². The summed E-state index contributed by atoms with van der Waals surface area (Å²) in [6.45, 7) is 5.71. The zero-order chi connectivity index (χ0) is 16.7. The van der Waals surface area contributed by atoms with Gasteiger partial charge >= 0.3 is 0 Å². The van der Waals surface area contributed by atoms with E-state index in [0.717, 1.165) is 6.42 Å². The lowest BCUT2D eigenvalue weighted by atomic mass is 10.2. The Bertz CT molecular complexity index is 495. The van der Waals surface area contributed by atoms with Crippen molar-refractivity contribution in [3.8, 4) is 0 Å². The average molecular weight is 323 g/mol. The van der Waals surface area contributed by atoms with Crippen LogP contribution in [0, 0.1) is 0 Å². The Hall–Kier alpha value is -1.86. The number of methoxy groups -OCH3 is 1. The van der Waals surface area contributed by atoms with Gasteiger partial charge in [-0.05, 0) is 25.5 Å². The summed E-state index contributed by atoms with van der Waals surface area (Å²) in [5.41, 5.74) is 0. The maximum Gasteiger partial charge on any atom is 0.289 e. The lowest BCUT2D eigenvalue weighted by molar-refractivity contribution is -0.126. The quantitative estimate of drug-likeness (QED) is 0.743. The molecule has 0 radical (unpaired) electrons. The van der Waals surface area contributed by atoms with Crippen molar-refractivity contribution in [1.29, 1.82) is 0 Å². The van der Waals surface area contributed by atoms with Crippen LogP contribution < -0.4 is 5.32 Å². The van der Waals surface area contributed by atoms with Gasteiger partial charge in [-0.1, -0.05) is 0 Å². The van der Waals surface area contributed by atoms with Crippen molar-refractivity contribution in [2.75, 3.05) is 46.4 Å². The maximum absolute atomic E-state index is 12.2. The van der Waals surface area contributed by atoms with Crippen molar-refractivity contribution < 1.29 is 18.7 Å². The molecule has 0 bridgehead atoms. The Morgan fingerprint density at radius 1 is 1.35 bits per heavy atom. The lowest BCUT2D eigenvalue weighted by Gasteiger charge is -2.37. The molecule has 1 aromatic heterocycles. The Kier molecular flexibility index (Phi) is 6.61. The van der Waals surface area contributed by atoms with Gasteiger partial charge in [0.05, 0.1) is 12.3 Å². The summed E-state index contributed by atoms with van der Waals surface area (Å²) in [4.78, 5) is 28.2. The predicted molar refractivity (Wildman–Crippen MR) is 85.1 cm³/mol. The summed E-state index contributed by atoms with van der Waals surface area (Å²) in [5, 5.41) is 2.91. The molecule has 1 saturated heterocycles. The van der Waals surface area contributed by atoms with E-state index in [1.165, 1.54) is 6.26 Å². The summed E-state index contributed by atoms with van der Waals surface area (Å²) >= 11 is 0. The predicted octanol–water partition coefficient (Wildman–Crippen LogP) is 0.579. The molecule has 23 heavy (non-hydrogen) atoms. The molecule has 1 fully saturated rings. The highest BCUT2D eigenvalue weighted by atomic mass is 16.5. The van der Waals surface area contributed by atoms with Crippen molar-refractivity contribution in [3.05, 3.63) is 24.2 Å². The molecule has 1 aliphatic heterocycles. The van der Waals surface area contributed by atoms with Crippen LogP contribution in [0.25, 0.3) is 0 Å². The van der Waals surface area contributed by atoms with Crippen LogP contribution >= 0.6 is 0 Å². The first-order chi connectivity index (χ1) is 11.1. The van der Waals surface area contributed by atoms with Crippen LogP contribution in [0.4, 0.5) is 0 Å². The van der Waals surface area contributed by atoms with E-state index in [2.05, 4.69) is 10.2 Å². The van der Waals surface area contributed by atoms with Gasteiger partial charge in [-0.15, -0.1) is 0 Å². The number of carbonyl (C=O) groups excluding carboxylic acids is 2.